The van der Waals surface area contributed by atoms with Crippen molar-refractivity contribution in [3.05, 3.63) is 57.4 Å². The summed E-state index contributed by atoms with van der Waals surface area (Å²) in [6.45, 7) is 7.33. The second-order valence-electron chi connectivity index (χ2n) is 7.72. The molecule has 0 amide bonds. The van der Waals surface area contributed by atoms with E-state index in [0.29, 0.717) is 22.0 Å². The zero-order chi connectivity index (χ0) is 22.1. The molecule has 158 valence electrons. The Kier molecular flexibility index (Phi) is 6.81. The molecule has 0 radical (unpaired) electrons. The summed E-state index contributed by atoms with van der Waals surface area (Å²) < 4.78 is 5.67. The van der Waals surface area contributed by atoms with Crippen LogP contribution in [0.5, 0.6) is 0 Å². The molecule has 0 aromatic heterocycles. The molecule has 6 nitrogen and oxygen atoms in total. The number of rotatable bonds is 7. The number of ether oxygens (including phenoxy) is 1. The van der Waals surface area contributed by atoms with Crippen LogP contribution < -0.4 is 0 Å². The molecule has 0 saturated heterocycles. The van der Waals surface area contributed by atoms with Crippen LogP contribution >= 0.6 is 11.6 Å². The summed E-state index contributed by atoms with van der Waals surface area (Å²) in [5.41, 5.74) is 0.225. The van der Waals surface area contributed by atoms with Gasteiger partial charge < -0.3 is 19.8 Å². The van der Waals surface area contributed by atoms with Gasteiger partial charge >= 0.3 is 11.9 Å². The van der Waals surface area contributed by atoms with Crippen molar-refractivity contribution in [1.82, 2.24) is 4.90 Å². The molecule has 1 unspecified atom stereocenters. The molecule has 1 aromatic rings. The van der Waals surface area contributed by atoms with E-state index >= 15 is 0 Å². The summed E-state index contributed by atoms with van der Waals surface area (Å²) >= 11 is 6.07. The monoisotopic (exact) mass is 421 g/mol. The number of carbonyl (C=O) groups is 2. The van der Waals surface area contributed by atoms with Crippen LogP contribution in [0, 0.1) is 5.92 Å². The lowest BCUT2D eigenvalue weighted by Gasteiger charge is -2.45. The molecule has 29 heavy (non-hydrogen) atoms. The van der Waals surface area contributed by atoms with E-state index < -0.39 is 17.4 Å². The van der Waals surface area contributed by atoms with Crippen LogP contribution in [-0.4, -0.2) is 47.3 Å². The van der Waals surface area contributed by atoms with Crippen molar-refractivity contribution in [2.24, 2.45) is 5.92 Å². The number of carboxylic acids is 2. The van der Waals surface area contributed by atoms with E-state index in [1.807, 2.05) is 13.8 Å². The van der Waals surface area contributed by atoms with Crippen molar-refractivity contribution >= 4 is 23.5 Å². The van der Waals surface area contributed by atoms with Crippen molar-refractivity contribution in [3.8, 4) is 0 Å². The van der Waals surface area contributed by atoms with Gasteiger partial charge in [0.05, 0.1) is 22.7 Å². The molecule has 0 spiro atoms. The van der Waals surface area contributed by atoms with E-state index in [1.165, 1.54) is 0 Å². The van der Waals surface area contributed by atoms with Crippen molar-refractivity contribution in [2.75, 3.05) is 14.2 Å². The van der Waals surface area contributed by atoms with Crippen LogP contribution in [0.2, 0.25) is 5.02 Å². The Bertz CT molecular complexity index is 832. The molecule has 1 heterocycles. The third-order valence-corrected chi connectivity index (χ3v) is 6.15. The Morgan fingerprint density at radius 1 is 1.07 bits per heavy atom. The highest BCUT2D eigenvalue weighted by atomic mass is 35.5. The van der Waals surface area contributed by atoms with E-state index in [4.69, 9.17) is 16.3 Å². The van der Waals surface area contributed by atoms with Gasteiger partial charge in [0, 0.05) is 30.6 Å². The molecule has 1 aliphatic rings. The largest absolute Gasteiger partial charge is 0.478 e. The van der Waals surface area contributed by atoms with Gasteiger partial charge in [-0.15, -0.1) is 0 Å². The first-order chi connectivity index (χ1) is 13.5. The van der Waals surface area contributed by atoms with Crippen molar-refractivity contribution < 1.29 is 24.5 Å². The van der Waals surface area contributed by atoms with Crippen LogP contribution in [0.4, 0.5) is 0 Å². The maximum Gasteiger partial charge on any atom is 0.334 e. The van der Waals surface area contributed by atoms with Gasteiger partial charge in [-0.25, -0.2) is 9.59 Å². The summed E-state index contributed by atoms with van der Waals surface area (Å²) in [5, 5.41) is 20.9. The van der Waals surface area contributed by atoms with Crippen molar-refractivity contribution in [2.45, 2.75) is 45.6 Å². The maximum atomic E-state index is 12.5. The number of hydrogen-bond acceptors (Lipinski definition) is 4. The van der Waals surface area contributed by atoms with Gasteiger partial charge in [-0.05, 0) is 43.9 Å². The summed E-state index contributed by atoms with van der Waals surface area (Å²) in [6, 6.07) is 6.70. The predicted molar refractivity (Wildman–Crippen MR) is 112 cm³/mol. The molecule has 2 rings (SSSR count). The van der Waals surface area contributed by atoms with Crippen molar-refractivity contribution in [3.63, 3.8) is 0 Å². The van der Waals surface area contributed by atoms with Crippen molar-refractivity contribution in [1.29, 1.82) is 0 Å². The lowest BCUT2D eigenvalue weighted by atomic mass is 9.62. The number of benzene rings is 1. The average molecular weight is 422 g/mol. The van der Waals surface area contributed by atoms with E-state index in [1.54, 1.807) is 57.2 Å². The highest BCUT2D eigenvalue weighted by Crippen LogP contribution is 2.50. The molecule has 0 saturated carbocycles. The number of carboxylic acid groups (broad SMARTS) is 2. The Labute approximate surface area is 176 Å². The van der Waals surface area contributed by atoms with Gasteiger partial charge in [0.15, 0.2) is 0 Å². The third kappa shape index (κ3) is 3.91. The second-order valence-corrected chi connectivity index (χ2v) is 8.16. The third-order valence-electron chi connectivity index (χ3n) is 5.90. The molecule has 0 aliphatic carbocycles. The highest BCUT2D eigenvalue weighted by Gasteiger charge is 2.52. The molecule has 7 heteroatoms. The molecule has 1 aliphatic heterocycles. The Morgan fingerprint density at radius 2 is 1.52 bits per heavy atom. The minimum Gasteiger partial charge on any atom is -0.478 e. The van der Waals surface area contributed by atoms with Crippen LogP contribution in [0.3, 0.4) is 0 Å². The minimum absolute atomic E-state index is 0.0352. The van der Waals surface area contributed by atoms with Gasteiger partial charge in [0.25, 0.3) is 0 Å². The Hall–Kier alpha value is -2.31. The molecule has 0 fully saturated rings. The zero-order valence-electron chi connectivity index (χ0n) is 17.6. The number of halogens is 1. The van der Waals surface area contributed by atoms with Gasteiger partial charge in [-0.3, -0.25) is 0 Å². The second kappa shape index (κ2) is 8.59. The first-order valence-corrected chi connectivity index (χ1v) is 9.78. The summed E-state index contributed by atoms with van der Waals surface area (Å²) in [4.78, 5) is 26.7. The molecule has 1 atom stereocenters. The Morgan fingerprint density at radius 3 is 1.86 bits per heavy atom. The molecular formula is C22H28ClNO5. The van der Waals surface area contributed by atoms with E-state index in [2.05, 4.69) is 0 Å². The fraction of sp³-hybridized carbons (Fsp3) is 0.455. The first kappa shape index (κ1) is 23.0. The fourth-order valence-corrected chi connectivity index (χ4v) is 4.37. The van der Waals surface area contributed by atoms with Crippen LogP contribution in [0.1, 0.15) is 39.7 Å². The Balaban J connectivity index is 3.00. The molecular weight excluding hydrogens is 394 g/mol. The number of methoxy groups -OCH3 is 1. The van der Waals surface area contributed by atoms with E-state index in [9.17, 15) is 19.8 Å². The van der Waals surface area contributed by atoms with Crippen LogP contribution in [-0.2, 0) is 19.7 Å². The maximum absolute atomic E-state index is 12.5. The van der Waals surface area contributed by atoms with E-state index in [-0.39, 0.29) is 29.6 Å². The molecule has 0 bridgehead atoms. The van der Waals surface area contributed by atoms with Crippen LogP contribution in [0.15, 0.2) is 46.8 Å². The lowest BCUT2D eigenvalue weighted by molar-refractivity contribution is -0.135. The SMILES string of the molecule is COC(CC1(c2ccc(Cl)cc2)C(C(=O)O)=C(C)N(C)C(C)=C1C(=O)O)C(C)C. The van der Waals surface area contributed by atoms with Gasteiger partial charge in [0.2, 0.25) is 0 Å². The lowest BCUT2D eigenvalue weighted by Crippen LogP contribution is -2.47. The zero-order valence-corrected chi connectivity index (χ0v) is 18.4. The minimum atomic E-state index is -1.39. The highest BCUT2D eigenvalue weighted by molar-refractivity contribution is 6.30. The average Bonchev–Trinajstić information content (AvgIpc) is 2.63. The first-order valence-electron chi connectivity index (χ1n) is 9.40. The number of nitrogens with zero attached hydrogens (tertiary/aromatic N) is 1. The standard InChI is InChI=1S/C22H28ClNO5/c1-12(2)17(29-6)11-22(15-7-9-16(23)10-8-15)18(20(25)26)13(3)24(5)14(4)19(22)21(27)28/h7-10,12,17H,11H2,1-6H3,(H,25,26)(H,27,28). The molecule has 2 N–H and O–H groups in total. The van der Waals surface area contributed by atoms with Gasteiger partial charge in [0.1, 0.15) is 0 Å². The normalized spacial score (nSPS) is 17.7. The quantitative estimate of drug-likeness (QED) is 0.682. The number of hydrogen-bond donors (Lipinski definition) is 2. The predicted octanol–water partition coefficient (Wildman–Crippen LogP) is 4.30. The molecule has 1 aromatic carbocycles. The van der Waals surface area contributed by atoms with Gasteiger partial charge in [-0.2, -0.15) is 0 Å². The summed E-state index contributed by atoms with van der Waals surface area (Å²) in [7, 11) is 3.24. The van der Waals surface area contributed by atoms with Crippen LogP contribution in [0.25, 0.3) is 0 Å². The number of allylic oxidation sites excluding steroid dienone is 2. The smallest absolute Gasteiger partial charge is 0.334 e. The summed E-state index contributed by atoms with van der Waals surface area (Å²) in [5.74, 6) is -2.27. The number of aliphatic carboxylic acids is 2. The van der Waals surface area contributed by atoms with E-state index in [0.717, 1.165) is 0 Å². The van der Waals surface area contributed by atoms with Gasteiger partial charge in [-0.1, -0.05) is 37.6 Å². The fourth-order valence-electron chi connectivity index (χ4n) is 4.24. The summed E-state index contributed by atoms with van der Waals surface area (Å²) in [6.07, 6.45) is -0.187. The topological polar surface area (TPSA) is 87.1 Å².